The fourth-order valence-electron chi connectivity index (χ4n) is 2.40. The summed E-state index contributed by atoms with van der Waals surface area (Å²) in [5.41, 5.74) is 4.58. The molecule has 0 atom stereocenters. The summed E-state index contributed by atoms with van der Waals surface area (Å²) in [6.07, 6.45) is 1.24. The number of rotatable bonds is 5. The van der Waals surface area contributed by atoms with Gasteiger partial charge in [-0.1, -0.05) is 40.7 Å². The summed E-state index contributed by atoms with van der Waals surface area (Å²) in [6.45, 7) is 13.7. The van der Waals surface area contributed by atoms with Gasteiger partial charge >= 0.3 is 0 Å². The van der Waals surface area contributed by atoms with Crippen LogP contribution in [0.4, 0.5) is 0 Å². The topological polar surface area (TPSA) is 0 Å². The third-order valence-corrected chi connectivity index (χ3v) is 4.46. The van der Waals surface area contributed by atoms with E-state index in [-0.39, 0.29) is 0 Å². The molecule has 0 amide bonds. The molecular formula is C16H26S. The second-order valence-electron chi connectivity index (χ2n) is 5.35. The molecule has 0 radical (unpaired) electrons. The highest BCUT2D eigenvalue weighted by Gasteiger charge is 2.14. The predicted octanol–water partition coefficient (Wildman–Crippen LogP) is 5.74. The van der Waals surface area contributed by atoms with Gasteiger partial charge in [0.25, 0.3) is 0 Å². The maximum absolute atomic E-state index is 2.33. The maximum Gasteiger partial charge on any atom is 0.0109 e. The number of benzene rings is 1. The van der Waals surface area contributed by atoms with Gasteiger partial charge in [0, 0.05) is 4.90 Å². The molecule has 0 spiro atoms. The lowest BCUT2D eigenvalue weighted by Gasteiger charge is -2.20. The summed E-state index contributed by atoms with van der Waals surface area (Å²) < 4.78 is 0. The lowest BCUT2D eigenvalue weighted by Crippen LogP contribution is -2.01. The van der Waals surface area contributed by atoms with Crippen molar-refractivity contribution < 1.29 is 0 Å². The summed E-state index contributed by atoms with van der Waals surface area (Å²) in [5.74, 6) is 2.46. The van der Waals surface area contributed by atoms with Crippen molar-refractivity contribution in [3.63, 3.8) is 0 Å². The Morgan fingerprint density at radius 3 is 2.18 bits per heavy atom. The predicted molar refractivity (Wildman–Crippen MR) is 80.4 cm³/mol. The molecule has 0 aromatic heterocycles. The Kier molecular flexibility index (Phi) is 5.58. The minimum absolute atomic E-state index is 0.619. The quantitative estimate of drug-likeness (QED) is 0.600. The van der Waals surface area contributed by atoms with Crippen molar-refractivity contribution in [2.24, 2.45) is 0 Å². The van der Waals surface area contributed by atoms with Gasteiger partial charge in [0.15, 0.2) is 0 Å². The van der Waals surface area contributed by atoms with Crippen LogP contribution in [-0.4, -0.2) is 5.75 Å². The van der Waals surface area contributed by atoms with E-state index in [1.165, 1.54) is 28.2 Å². The first-order valence-corrected chi connectivity index (χ1v) is 7.73. The fourth-order valence-corrected chi connectivity index (χ4v) is 3.53. The number of thioether (sulfide) groups is 1. The van der Waals surface area contributed by atoms with E-state index in [4.69, 9.17) is 0 Å². The molecular weight excluding hydrogens is 224 g/mol. The van der Waals surface area contributed by atoms with E-state index in [1.54, 1.807) is 5.56 Å². The van der Waals surface area contributed by atoms with Crippen LogP contribution in [0.25, 0.3) is 0 Å². The molecule has 0 aliphatic carbocycles. The van der Waals surface area contributed by atoms with Crippen molar-refractivity contribution in [3.8, 4) is 0 Å². The SMILES string of the molecule is CCCSc1ccc(C(C)C)c(C)c1C(C)C. The van der Waals surface area contributed by atoms with Crippen molar-refractivity contribution in [1.82, 2.24) is 0 Å². The van der Waals surface area contributed by atoms with Crippen LogP contribution in [0.2, 0.25) is 0 Å². The van der Waals surface area contributed by atoms with Crippen molar-refractivity contribution in [2.75, 3.05) is 5.75 Å². The van der Waals surface area contributed by atoms with Crippen LogP contribution < -0.4 is 0 Å². The number of hydrogen-bond acceptors (Lipinski definition) is 1. The van der Waals surface area contributed by atoms with Crippen molar-refractivity contribution >= 4 is 11.8 Å². The lowest BCUT2D eigenvalue weighted by molar-refractivity contribution is 0.798. The van der Waals surface area contributed by atoms with Crippen LogP contribution in [-0.2, 0) is 0 Å². The summed E-state index contributed by atoms with van der Waals surface area (Å²) >= 11 is 2.01. The smallest absolute Gasteiger partial charge is 0.0109 e. The van der Waals surface area contributed by atoms with Crippen LogP contribution in [0.5, 0.6) is 0 Å². The van der Waals surface area contributed by atoms with Gasteiger partial charge in [-0.2, -0.15) is 0 Å². The zero-order valence-electron chi connectivity index (χ0n) is 12.1. The van der Waals surface area contributed by atoms with E-state index in [9.17, 15) is 0 Å². The minimum Gasteiger partial charge on any atom is -0.126 e. The second kappa shape index (κ2) is 6.49. The molecule has 17 heavy (non-hydrogen) atoms. The Balaban J connectivity index is 3.19. The monoisotopic (exact) mass is 250 g/mol. The molecule has 0 heterocycles. The van der Waals surface area contributed by atoms with Gasteiger partial charge in [-0.05, 0) is 53.7 Å². The molecule has 1 aromatic carbocycles. The zero-order valence-corrected chi connectivity index (χ0v) is 12.9. The minimum atomic E-state index is 0.619. The molecule has 96 valence electrons. The molecule has 0 nitrogen and oxygen atoms in total. The fraction of sp³-hybridized carbons (Fsp3) is 0.625. The standard InChI is InChI=1S/C16H26S/c1-7-10-17-15-9-8-14(11(2)3)13(6)16(15)12(4)5/h8-9,11-12H,7,10H2,1-6H3. The molecule has 0 saturated carbocycles. The summed E-state index contributed by atoms with van der Waals surface area (Å²) in [5, 5.41) is 0. The van der Waals surface area contributed by atoms with Crippen LogP contribution in [0.1, 0.15) is 69.6 Å². The third kappa shape index (κ3) is 3.51. The molecule has 0 aliphatic rings. The van der Waals surface area contributed by atoms with E-state index in [0.29, 0.717) is 11.8 Å². The van der Waals surface area contributed by atoms with Gasteiger partial charge in [0.2, 0.25) is 0 Å². The average molecular weight is 250 g/mol. The second-order valence-corrected chi connectivity index (χ2v) is 6.49. The van der Waals surface area contributed by atoms with E-state index in [0.717, 1.165) is 0 Å². The Morgan fingerprint density at radius 1 is 1.06 bits per heavy atom. The molecule has 1 rings (SSSR count). The van der Waals surface area contributed by atoms with E-state index in [1.807, 2.05) is 11.8 Å². The highest BCUT2D eigenvalue weighted by atomic mass is 32.2. The van der Waals surface area contributed by atoms with Crippen molar-refractivity contribution in [3.05, 3.63) is 28.8 Å². The van der Waals surface area contributed by atoms with Crippen molar-refractivity contribution in [1.29, 1.82) is 0 Å². The zero-order chi connectivity index (χ0) is 13.0. The first kappa shape index (κ1) is 14.6. The van der Waals surface area contributed by atoms with Crippen LogP contribution in [0.3, 0.4) is 0 Å². The van der Waals surface area contributed by atoms with E-state index >= 15 is 0 Å². The molecule has 0 saturated heterocycles. The van der Waals surface area contributed by atoms with Crippen LogP contribution >= 0.6 is 11.8 Å². The molecule has 0 bridgehead atoms. The first-order valence-electron chi connectivity index (χ1n) is 6.75. The largest absolute Gasteiger partial charge is 0.126 e. The Labute approximate surface area is 111 Å². The van der Waals surface area contributed by atoms with Gasteiger partial charge < -0.3 is 0 Å². The van der Waals surface area contributed by atoms with Gasteiger partial charge in [-0.25, -0.2) is 0 Å². The molecule has 1 aromatic rings. The average Bonchev–Trinajstić information content (AvgIpc) is 2.25. The summed E-state index contributed by atoms with van der Waals surface area (Å²) in [7, 11) is 0. The third-order valence-electron chi connectivity index (χ3n) is 3.18. The Morgan fingerprint density at radius 2 is 1.71 bits per heavy atom. The molecule has 1 heteroatoms. The first-order chi connectivity index (χ1) is 7.99. The molecule has 0 fully saturated rings. The maximum atomic E-state index is 2.33. The number of hydrogen-bond donors (Lipinski definition) is 0. The Bertz CT molecular complexity index is 364. The van der Waals surface area contributed by atoms with Gasteiger partial charge in [0.1, 0.15) is 0 Å². The van der Waals surface area contributed by atoms with Gasteiger partial charge in [-0.3, -0.25) is 0 Å². The van der Waals surface area contributed by atoms with Gasteiger partial charge in [-0.15, -0.1) is 11.8 Å². The Hall–Kier alpha value is -0.430. The molecule has 0 aliphatic heterocycles. The lowest BCUT2D eigenvalue weighted by atomic mass is 9.89. The normalized spacial score (nSPS) is 11.5. The summed E-state index contributed by atoms with van der Waals surface area (Å²) in [6, 6.07) is 4.65. The molecule has 0 unspecified atom stereocenters. The van der Waals surface area contributed by atoms with Crippen LogP contribution in [0.15, 0.2) is 17.0 Å². The van der Waals surface area contributed by atoms with E-state index in [2.05, 4.69) is 53.7 Å². The highest BCUT2D eigenvalue weighted by Crippen LogP contribution is 2.35. The van der Waals surface area contributed by atoms with Crippen molar-refractivity contribution in [2.45, 2.75) is 64.7 Å². The highest BCUT2D eigenvalue weighted by molar-refractivity contribution is 7.99. The summed E-state index contributed by atoms with van der Waals surface area (Å²) in [4.78, 5) is 1.49. The molecule has 0 N–H and O–H groups in total. The van der Waals surface area contributed by atoms with Crippen LogP contribution in [0, 0.1) is 6.92 Å². The van der Waals surface area contributed by atoms with Gasteiger partial charge in [0.05, 0.1) is 0 Å². The van der Waals surface area contributed by atoms with E-state index < -0.39 is 0 Å².